The summed E-state index contributed by atoms with van der Waals surface area (Å²) in [6.45, 7) is 3.10. The minimum atomic E-state index is -0.147. The third-order valence-corrected chi connectivity index (χ3v) is 5.25. The maximum atomic E-state index is 9.68. The molecule has 0 bridgehead atoms. The average molecular weight is 487 g/mol. The van der Waals surface area contributed by atoms with Gasteiger partial charge in [-0.1, -0.05) is 58.5 Å². The van der Waals surface area contributed by atoms with Gasteiger partial charge in [0.2, 0.25) is 0 Å². The molecular weight excluding hydrogens is 468 g/mol. The summed E-state index contributed by atoms with van der Waals surface area (Å²) in [5.41, 5.74) is 2.46. The Bertz CT molecular complexity index is 1020. The van der Waals surface area contributed by atoms with Crippen molar-refractivity contribution in [3.8, 4) is 17.2 Å². The highest BCUT2D eigenvalue weighted by Gasteiger charge is 2.14. The van der Waals surface area contributed by atoms with E-state index in [1.807, 2.05) is 31.2 Å². The smallest absolute Gasteiger partial charge is 0.180 e. The standard InChI is InChI=1S/C22H19Cl4NO3/c1-2-29-20-8-14(11-27-16-9-17(24)21(28)18(25)10-16)7-19(26)22(20)30-12-13-4-3-5-15(23)6-13/h3-10,27-28H,2,11-12H2,1H3. The molecule has 0 unspecified atom stereocenters. The molecule has 0 saturated carbocycles. The first-order valence-electron chi connectivity index (χ1n) is 9.11. The van der Waals surface area contributed by atoms with Gasteiger partial charge in [0, 0.05) is 17.3 Å². The Kier molecular flexibility index (Phi) is 7.84. The lowest BCUT2D eigenvalue weighted by Gasteiger charge is -2.16. The fraction of sp³-hybridized carbons (Fsp3) is 0.182. The minimum Gasteiger partial charge on any atom is -0.505 e. The molecule has 0 saturated heterocycles. The molecule has 3 rings (SSSR count). The number of ether oxygens (including phenoxy) is 2. The third-order valence-electron chi connectivity index (χ3n) is 4.15. The van der Waals surface area contributed by atoms with Crippen molar-refractivity contribution in [1.29, 1.82) is 0 Å². The Morgan fingerprint density at radius 1 is 0.867 bits per heavy atom. The zero-order chi connectivity index (χ0) is 21.7. The van der Waals surface area contributed by atoms with Crippen molar-refractivity contribution in [2.75, 3.05) is 11.9 Å². The number of hydrogen-bond donors (Lipinski definition) is 2. The number of phenolic OH excluding ortho intramolecular Hbond substituents is 1. The highest BCUT2D eigenvalue weighted by molar-refractivity contribution is 6.37. The summed E-state index contributed by atoms with van der Waals surface area (Å²) in [4.78, 5) is 0. The number of aromatic hydroxyl groups is 1. The first kappa shape index (κ1) is 22.7. The molecule has 0 amide bonds. The Hall–Kier alpha value is -1.98. The summed E-state index contributed by atoms with van der Waals surface area (Å²) in [7, 11) is 0. The summed E-state index contributed by atoms with van der Waals surface area (Å²) >= 11 is 24.5. The van der Waals surface area contributed by atoms with Gasteiger partial charge in [-0.15, -0.1) is 0 Å². The van der Waals surface area contributed by atoms with Gasteiger partial charge in [-0.3, -0.25) is 0 Å². The van der Waals surface area contributed by atoms with Gasteiger partial charge in [0.05, 0.1) is 21.7 Å². The molecule has 4 nitrogen and oxygen atoms in total. The molecular formula is C22H19Cl4NO3. The molecule has 3 aromatic carbocycles. The van der Waals surface area contributed by atoms with Crippen LogP contribution in [0, 0.1) is 0 Å². The number of benzene rings is 3. The minimum absolute atomic E-state index is 0.147. The lowest BCUT2D eigenvalue weighted by molar-refractivity contribution is 0.269. The largest absolute Gasteiger partial charge is 0.505 e. The quantitative estimate of drug-likeness (QED) is 0.322. The van der Waals surface area contributed by atoms with Crippen LogP contribution >= 0.6 is 46.4 Å². The van der Waals surface area contributed by atoms with Gasteiger partial charge in [-0.05, 0) is 54.4 Å². The zero-order valence-corrected chi connectivity index (χ0v) is 19.0. The van der Waals surface area contributed by atoms with Gasteiger partial charge in [0.15, 0.2) is 17.2 Å². The van der Waals surface area contributed by atoms with Gasteiger partial charge in [0.25, 0.3) is 0 Å². The van der Waals surface area contributed by atoms with E-state index in [0.717, 1.165) is 11.1 Å². The lowest BCUT2D eigenvalue weighted by atomic mass is 10.2. The van der Waals surface area contributed by atoms with Crippen molar-refractivity contribution >= 4 is 52.1 Å². The second-order valence-electron chi connectivity index (χ2n) is 6.40. The van der Waals surface area contributed by atoms with E-state index in [-0.39, 0.29) is 15.8 Å². The molecule has 30 heavy (non-hydrogen) atoms. The molecule has 0 fully saturated rings. The van der Waals surface area contributed by atoms with Crippen LogP contribution in [0.3, 0.4) is 0 Å². The molecule has 158 valence electrons. The topological polar surface area (TPSA) is 50.7 Å². The molecule has 8 heteroatoms. The maximum Gasteiger partial charge on any atom is 0.180 e. The number of hydrogen-bond acceptors (Lipinski definition) is 4. The Labute approximate surface area is 195 Å². The van der Waals surface area contributed by atoms with Crippen molar-refractivity contribution in [3.05, 3.63) is 79.7 Å². The molecule has 0 aliphatic heterocycles. The van der Waals surface area contributed by atoms with Crippen LogP contribution in [0.15, 0.2) is 48.5 Å². The zero-order valence-electron chi connectivity index (χ0n) is 16.0. The van der Waals surface area contributed by atoms with Crippen molar-refractivity contribution in [1.82, 2.24) is 0 Å². The molecule has 0 heterocycles. The summed E-state index contributed by atoms with van der Waals surface area (Å²) in [6, 6.07) is 14.3. The summed E-state index contributed by atoms with van der Waals surface area (Å²) in [5, 5.41) is 14.3. The van der Waals surface area contributed by atoms with E-state index in [2.05, 4.69) is 5.32 Å². The summed E-state index contributed by atoms with van der Waals surface area (Å²) < 4.78 is 11.7. The molecule has 0 aromatic heterocycles. The van der Waals surface area contributed by atoms with E-state index in [4.69, 9.17) is 55.9 Å². The van der Waals surface area contributed by atoms with Gasteiger partial charge in [0.1, 0.15) is 6.61 Å². The van der Waals surface area contributed by atoms with E-state index in [1.165, 1.54) is 0 Å². The third kappa shape index (κ3) is 5.79. The van der Waals surface area contributed by atoms with Crippen LogP contribution in [-0.4, -0.2) is 11.7 Å². The Balaban J connectivity index is 1.77. The van der Waals surface area contributed by atoms with Crippen molar-refractivity contribution in [2.45, 2.75) is 20.1 Å². The fourth-order valence-electron chi connectivity index (χ4n) is 2.78. The highest BCUT2D eigenvalue weighted by atomic mass is 35.5. The Morgan fingerprint density at radius 3 is 2.27 bits per heavy atom. The Morgan fingerprint density at radius 2 is 1.60 bits per heavy atom. The first-order chi connectivity index (χ1) is 14.4. The van der Waals surface area contributed by atoms with Crippen molar-refractivity contribution in [3.63, 3.8) is 0 Å². The molecule has 0 spiro atoms. The van der Waals surface area contributed by atoms with Crippen molar-refractivity contribution < 1.29 is 14.6 Å². The molecule has 0 aliphatic rings. The predicted octanol–water partition coefficient (Wildman–Crippen LogP) is 7.60. The van der Waals surface area contributed by atoms with Crippen LogP contribution in [0.25, 0.3) is 0 Å². The second-order valence-corrected chi connectivity index (χ2v) is 8.06. The van der Waals surface area contributed by atoms with Crippen LogP contribution in [0.5, 0.6) is 17.2 Å². The number of phenols is 1. The van der Waals surface area contributed by atoms with Gasteiger partial charge in [-0.25, -0.2) is 0 Å². The molecule has 2 N–H and O–H groups in total. The van der Waals surface area contributed by atoms with E-state index in [9.17, 15) is 5.11 Å². The van der Waals surface area contributed by atoms with Crippen molar-refractivity contribution in [2.24, 2.45) is 0 Å². The predicted molar refractivity (Wildman–Crippen MR) is 124 cm³/mol. The summed E-state index contributed by atoms with van der Waals surface area (Å²) in [6.07, 6.45) is 0. The average Bonchev–Trinajstić information content (AvgIpc) is 2.70. The molecule has 0 aliphatic carbocycles. The molecule has 0 radical (unpaired) electrons. The fourth-order valence-corrected chi connectivity index (χ4v) is 3.77. The van der Waals surface area contributed by atoms with Gasteiger partial charge < -0.3 is 19.9 Å². The van der Waals surface area contributed by atoms with Crippen LogP contribution in [-0.2, 0) is 13.2 Å². The van der Waals surface area contributed by atoms with E-state index < -0.39 is 0 Å². The number of anilines is 1. The summed E-state index contributed by atoms with van der Waals surface area (Å²) in [5.74, 6) is 0.871. The molecule has 0 atom stereocenters. The normalized spacial score (nSPS) is 10.7. The maximum absolute atomic E-state index is 9.68. The van der Waals surface area contributed by atoms with Crippen LogP contribution < -0.4 is 14.8 Å². The monoisotopic (exact) mass is 485 g/mol. The van der Waals surface area contributed by atoms with Gasteiger partial charge in [-0.2, -0.15) is 0 Å². The van der Waals surface area contributed by atoms with Crippen LogP contribution in [0.1, 0.15) is 18.1 Å². The second kappa shape index (κ2) is 10.4. The number of rotatable bonds is 8. The number of halogens is 4. The van der Waals surface area contributed by atoms with Crippen LogP contribution in [0.4, 0.5) is 5.69 Å². The number of nitrogens with one attached hydrogen (secondary N) is 1. The van der Waals surface area contributed by atoms with E-state index >= 15 is 0 Å². The first-order valence-corrected chi connectivity index (χ1v) is 10.6. The van der Waals surface area contributed by atoms with Gasteiger partial charge >= 0.3 is 0 Å². The molecule has 3 aromatic rings. The lowest BCUT2D eigenvalue weighted by Crippen LogP contribution is -2.04. The SMILES string of the molecule is CCOc1cc(CNc2cc(Cl)c(O)c(Cl)c2)cc(Cl)c1OCc1cccc(Cl)c1. The highest BCUT2D eigenvalue weighted by Crippen LogP contribution is 2.38. The van der Waals surface area contributed by atoms with E-state index in [1.54, 1.807) is 24.3 Å². The van der Waals surface area contributed by atoms with Crippen LogP contribution in [0.2, 0.25) is 20.1 Å². The van der Waals surface area contributed by atoms with E-state index in [0.29, 0.717) is 47.0 Å².